The Kier molecular flexibility index (Phi) is 2.38. The van der Waals surface area contributed by atoms with E-state index < -0.39 is 0 Å². The second kappa shape index (κ2) is 4.17. The van der Waals surface area contributed by atoms with Crippen molar-refractivity contribution in [2.24, 2.45) is 0 Å². The molecule has 0 aliphatic rings. The lowest BCUT2D eigenvalue weighted by molar-refractivity contribution is 0.880. The van der Waals surface area contributed by atoms with Crippen molar-refractivity contribution in [1.82, 2.24) is 19.7 Å². The van der Waals surface area contributed by atoms with E-state index >= 15 is 0 Å². The van der Waals surface area contributed by atoms with Crippen molar-refractivity contribution in [1.29, 1.82) is 0 Å². The predicted octanol–water partition coefficient (Wildman–Crippen LogP) is 2.33. The molecule has 0 saturated heterocycles. The Balaban J connectivity index is 1.99. The highest BCUT2D eigenvalue weighted by Gasteiger charge is 2.05. The molecule has 0 bridgehead atoms. The van der Waals surface area contributed by atoms with Gasteiger partial charge in [-0.3, -0.25) is 4.98 Å². The topological polar surface area (TPSA) is 43.6 Å². The molecule has 3 aromatic rings. The van der Waals surface area contributed by atoms with Crippen LogP contribution < -0.4 is 0 Å². The van der Waals surface area contributed by atoms with Gasteiger partial charge in [0.2, 0.25) is 0 Å². The Labute approximate surface area is 98.6 Å². The molecular weight excluding hydrogens is 212 g/mol. The fraction of sp³-hybridized carbons (Fsp3) is 0. The molecule has 0 aliphatic heterocycles. The van der Waals surface area contributed by atoms with E-state index in [2.05, 4.69) is 15.1 Å². The Morgan fingerprint density at radius 2 is 1.65 bits per heavy atom. The number of pyridine rings is 1. The lowest BCUT2D eigenvalue weighted by Gasteiger charge is -1.98. The van der Waals surface area contributed by atoms with E-state index in [9.17, 15) is 0 Å². The monoisotopic (exact) mass is 222 g/mol. The second-order valence-electron chi connectivity index (χ2n) is 3.56. The number of benzene rings is 1. The van der Waals surface area contributed by atoms with Gasteiger partial charge < -0.3 is 0 Å². The van der Waals surface area contributed by atoms with E-state index in [0.717, 1.165) is 11.4 Å². The molecule has 17 heavy (non-hydrogen) atoms. The van der Waals surface area contributed by atoms with Gasteiger partial charge >= 0.3 is 0 Å². The van der Waals surface area contributed by atoms with Gasteiger partial charge in [-0.25, -0.2) is 9.67 Å². The van der Waals surface area contributed by atoms with E-state index in [1.165, 1.54) is 0 Å². The van der Waals surface area contributed by atoms with E-state index in [1.807, 2.05) is 48.5 Å². The molecule has 4 nitrogen and oxygen atoms in total. The molecule has 0 spiro atoms. The minimum absolute atomic E-state index is 0.634. The molecule has 0 amide bonds. The third-order valence-electron chi connectivity index (χ3n) is 2.41. The van der Waals surface area contributed by atoms with Crippen LogP contribution in [0.25, 0.3) is 17.2 Å². The van der Waals surface area contributed by atoms with Crippen molar-refractivity contribution < 1.29 is 0 Å². The molecule has 0 unspecified atom stereocenters. The number of aromatic nitrogens is 4. The molecule has 4 heteroatoms. The number of nitrogens with zero attached hydrogens (tertiary/aromatic N) is 4. The van der Waals surface area contributed by atoms with Crippen molar-refractivity contribution in [3.8, 4) is 17.2 Å². The summed E-state index contributed by atoms with van der Waals surface area (Å²) in [6.45, 7) is 0. The summed E-state index contributed by atoms with van der Waals surface area (Å²) in [6, 6.07) is 15.6. The molecule has 0 aliphatic carbocycles. The highest BCUT2D eigenvalue weighted by Crippen LogP contribution is 2.12. The highest BCUT2D eigenvalue weighted by molar-refractivity contribution is 5.47. The SMILES string of the molecule is c1ccc(-n2cnc(-c3ccccn3)n2)cc1. The van der Waals surface area contributed by atoms with Gasteiger partial charge in [0.15, 0.2) is 5.82 Å². The first-order valence-corrected chi connectivity index (χ1v) is 5.32. The summed E-state index contributed by atoms with van der Waals surface area (Å²) in [6.07, 6.45) is 3.43. The summed E-state index contributed by atoms with van der Waals surface area (Å²) in [5, 5.41) is 4.39. The highest BCUT2D eigenvalue weighted by atomic mass is 15.3. The number of rotatable bonds is 2. The van der Waals surface area contributed by atoms with Crippen molar-refractivity contribution in [2.45, 2.75) is 0 Å². The Morgan fingerprint density at radius 3 is 2.41 bits per heavy atom. The van der Waals surface area contributed by atoms with Crippen molar-refractivity contribution in [3.63, 3.8) is 0 Å². The van der Waals surface area contributed by atoms with Crippen LogP contribution in [0.15, 0.2) is 61.1 Å². The molecular formula is C13H10N4. The Bertz CT molecular complexity index is 548. The van der Waals surface area contributed by atoms with Crippen molar-refractivity contribution in [3.05, 3.63) is 61.1 Å². The van der Waals surface area contributed by atoms with Crippen LogP contribution in [-0.2, 0) is 0 Å². The van der Waals surface area contributed by atoms with Gasteiger partial charge in [0, 0.05) is 6.20 Å². The van der Waals surface area contributed by atoms with Crippen molar-refractivity contribution in [2.75, 3.05) is 0 Å². The van der Waals surface area contributed by atoms with Crippen LogP contribution >= 0.6 is 0 Å². The predicted molar refractivity (Wildman–Crippen MR) is 64.6 cm³/mol. The van der Waals surface area contributed by atoms with Gasteiger partial charge in [0.05, 0.1) is 5.69 Å². The zero-order valence-corrected chi connectivity index (χ0v) is 9.06. The fourth-order valence-electron chi connectivity index (χ4n) is 1.58. The third-order valence-corrected chi connectivity index (χ3v) is 2.41. The average Bonchev–Trinajstić information content (AvgIpc) is 2.90. The van der Waals surface area contributed by atoms with Crippen LogP contribution in [-0.4, -0.2) is 19.7 Å². The molecule has 0 N–H and O–H groups in total. The second-order valence-corrected chi connectivity index (χ2v) is 3.56. The molecule has 2 heterocycles. The van der Waals surface area contributed by atoms with Crippen LogP contribution in [0.5, 0.6) is 0 Å². The molecule has 82 valence electrons. The zero-order chi connectivity index (χ0) is 11.5. The van der Waals surface area contributed by atoms with E-state index in [1.54, 1.807) is 17.2 Å². The molecule has 2 aromatic heterocycles. The lowest BCUT2D eigenvalue weighted by atomic mass is 10.3. The summed E-state index contributed by atoms with van der Waals surface area (Å²) >= 11 is 0. The Morgan fingerprint density at radius 1 is 0.824 bits per heavy atom. The molecule has 0 atom stereocenters. The lowest BCUT2D eigenvalue weighted by Crippen LogP contribution is -1.94. The quantitative estimate of drug-likeness (QED) is 0.668. The van der Waals surface area contributed by atoms with E-state index in [4.69, 9.17) is 0 Å². The fourth-order valence-corrected chi connectivity index (χ4v) is 1.58. The van der Waals surface area contributed by atoms with Gasteiger partial charge in [-0.2, -0.15) is 0 Å². The first kappa shape index (κ1) is 9.72. The minimum Gasteiger partial charge on any atom is -0.253 e. The minimum atomic E-state index is 0.634. The van der Waals surface area contributed by atoms with Crippen LogP contribution in [0.3, 0.4) is 0 Å². The summed E-state index contributed by atoms with van der Waals surface area (Å²) in [5.74, 6) is 0.634. The average molecular weight is 222 g/mol. The maximum atomic E-state index is 4.39. The maximum absolute atomic E-state index is 4.39. The Hall–Kier alpha value is -2.49. The third kappa shape index (κ3) is 1.92. The molecule has 0 saturated carbocycles. The zero-order valence-electron chi connectivity index (χ0n) is 9.06. The molecule has 0 fully saturated rings. The van der Waals surface area contributed by atoms with Gasteiger partial charge in [-0.05, 0) is 24.3 Å². The van der Waals surface area contributed by atoms with Gasteiger partial charge in [0.1, 0.15) is 12.0 Å². The largest absolute Gasteiger partial charge is 0.253 e. The summed E-state index contributed by atoms with van der Waals surface area (Å²) < 4.78 is 1.74. The molecule has 3 rings (SSSR count). The summed E-state index contributed by atoms with van der Waals surface area (Å²) in [5.41, 5.74) is 1.77. The summed E-state index contributed by atoms with van der Waals surface area (Å²) in [4.78, 5) is 8.47. The summed E-state index contributed by atoms with van der Waals surface area (Å²) in [7, 11) is 0. The van der Waals surface area contributed by atoms with Crippen LogP contribution in [0.2, 0.25) is 0 Å². The molecule has 1 aromatic carbocycles. The van der Waals surface area contributed by atoms with Crippen LogP contribution in [0.1, 0.15) is 0 Å². The van der Waals surface area contributed by atoms with Crippen LogP contribution in [0, 0.1) is 0 Å². The van der Waals surface area contributed by atoms with Gasteiger partial charge in [-0.1, -0.05) is 24.3 Å². The van der Waals surface area contributed by atoms with E-state index in [-0.39, 0.29) is 0 Å². The van der Waals surface area contributed by atoms with Gasteiger partial charge in [-0.15, -0.1) is 5.10 Å². The number of para-hydroxylation sites is 1. The van der Waals surface area contributed by atoms with Crippen LogP contribution in [0.4, 0.5) is 0 Å². The maximum Gasteiger partial charge on any atom is 0.200 e. The first-order chi connectivity index (χ1) is 8.43. The normalized spacial score (nSPS) is 10.4. The smallest absolute Gasteiger partial charge is 0.200 e. The standard InChI is InChI=1S/C13H10N4/c1-2-6-11(7-3-1)17-10-15-13(16-17)12-8-4-5-9-14-12/h1-10H. The molecule has 0 radical (unpaired) electrons. The van der Waals surface area contributed by atoms with E-state index in [0.29, 0.717) is 5.82 Å². The van der Waals surface area contributed by atoms with Crippen molar-refractivity contribution >= 4 is 0 Å². The number of hydrogen-bond acceptors (Lipinski definition) is 3. The number of hydrogen-bond donors (Lipinski definition) is 0. The first-order valence-electron chi connectivity index (χ1n) is 5.32. The van der Waals surface area contributed by atoms with Gasteiger partial charge in [0.25, 0.3) is 0 Å².